The first-order chi connectivity index (χ1) is 15.6. The summed E-state index contributed by atoms with van der Waals surface area (Å²) in [5.74, 6) is -1.41. The Balaban J connectivity index is 1.89. The minimum atomic E-state index is -1.81. The van der Waals surface area contributed by atoms with Crippen molar-refractivity contribution >= 4 is 27.5 Å². The van der Waals surface area contributed by atoms with Crippen LogP contribution in [-0.4, -0.2) is 48.0 Å². The van der Waals surface area contributed by atoms with E-state index < -0.39 is 41.7 Å². The SMILES string of the molecule is [2H]Oc1c(C(=O)NCCC([2H])([2H])N2CCC([2H])([2H])CC2)c(=O)n(C([2H])(C)C)c2sc([2H])c([2H])c12. The van der Waals surface area contributed by atoms with Gasteiger partial charge in [0.1, 0.15) is 16.1 Å². The number of piperidine rings is 1. The molecule has 26 heavy (non-hydrogen) atoms. The largest absolute Gasteiger partial charge is 0.506 e. The summed E-state index contributed by atoms with van der Waals surface area (Å²) in [4.78, 5) is 27.8. The van der Waals surface area contributed by atoms with Gasteiger partial charge in [0, 0.05) is 18.0 Å². The van der Waals surface area contributed by atoms with Crippen molar-refractivity contribution in [2.75, 3.05) is 26.1 Å². The lowest BCUT2D eigenvalue weighted by atomic mass is 10.1. The van der Waals surface area contributed by atoms with Crippen LogP contribution < -0.4 is 10.9 Å². The van der Waals surface area contributed by atoms with E-state index in [1.807, 2.05) is 0 Å². The smallest absolute Gasteiger partial charge is 0.293 e. The molecule has 3 heterocycles. The lowest BCUT2D eigenvalue weighted by Gasteiger charge is -2.26. The first kappa shape index (κ1) is 11.1. The number of fused-ring (bicyclic) bond motifs is 1. The lowest BCUT2D eigenvalue weighted by Crippen LogP contribution is -2.36. The fraction of sp³-hybridized carbons (Fsp3) is 0.579. The molecular formula is C19H27N3O3S. The Morgan fingerprint density at radius 2 is 2.35 bits per heavy atom. The van der Waals surface area contributed by atoms with Crippen LogP contribution >= 0.6 is 11.3 Å². The zero-order chi connectivity index (χ0) is 25.6. The van der Waals surface area contributed by atoms with E-state index in [-0.39, 0.29) is 60.5 Å². The number of nitrogens with one attached hydrogen (secondary N) is 1. The summed E-state index contributed by atoms with van der Waals surface area (Å²) in [5.41, 5.74) is -1.49. The Morgan fingerprint density at radius 1 is 1.58 bits per heavy atom. The highest BCUT2D eigenvalue weighted by molar-refractivity contribution is 7.16. The van der Waals surface area contributed by atoms with Crippen LogP contribution in [0.1, 0.15) is 65.5 Å². The fourth-order valence-corrected chi connectivity index (χ4v) is 3.73. The number of nitrogens with zero attached hydrogens (tertiary/aromatic N) is 2. The van der Waals surface area contributed by atoms with Gasteiger partial charge in [-0.2, -0.15) is 0 Å². The van der Waals surface area contributed by atoms with E-state index in [9.17, 15) is 9.59 Å². The molecule has 0 saturated carbocycles. The van der Waals surface area contributed by atoms with Crippen molar-refractivity contribution in [2.45, 2.75) is 45.5 Å². The molecule has 0 aliphatic carbocycles. The third kappa shape index (κ3) is 3.78. The Kier molecular flexibility index (Phi) is 3.51. The predicted molar refractivity (Wildman–Crippen MR) is 105 cm³/mol. The van der Waals surface area contributed by atoms with Crippen LogP contribution in [0.4, 0.5) is 0 Å². The van der Waals surface area contributed by atoms with Crippen molar-refractivity contribution in [1.82, 2.24) is 14.8 Å². The maximum Gasteiger partial charge on any atom is 0.293 e. The first-order valence-electron chi connectivity index (χ1n) is 12.4. The number of pyridine rings is 1. The molecule has 1 saturated heterocycles. The van der Waals surface area contributed by atoms with Gasteiger partial charge in [0.2, 0.25) is 0 Å². The minimum Gasteiger partial charge on any atom is -0.506 e. The van der Waals surface area contributed by atoms with Crippen molar-refractivity contribution in [3.05, 3.63) is 27.3 Å². The lowest BCUT2D eigenvalue weighted by molar-refractivity contribution is 0.0946. The molecule has 1 aliphatic heterocycles. The predicted octanol–water partition coefficient (Wildman–Crippen LogP) is 2.96. The molecule has 6 nitrogen and oxygen atoms in total. The zero-order valence-corrected chi connectivity index (χ0v) is 15.6. The van der Waals surface area contributed by atoms with Crippen molar-refractivity contribution < 1.29 is 19.5 Å². The molecule has 2 N–H and O–H groups in total. The molecule has 1 aliphatic rings. The highest BCUT2D eigenvalue weighted by Gasteiger charge is 2.23. The molecule has 142 valence electrons. The fourth-order valence-electron chi connectivity index (χ4n) is 2.87. The number of hydrogen-bond donors (Lipinski definition) is 2. The number of thiophene rings is 1. The molecule has 7 heteroatoms. The Morgan fingerprint density at radius 3 is 3.04 bits per heavy atom. The van der Waals surface area contributed by atoms with Crippen molar-refractivity contribution in [3.63, 3.8) is 0 Å². The number of likely N-dealkylation sites (tertiary alicyclic amines) is 1. The molecule has 0 atom stereocenters. The zero-order valence-electron chi connectivity index (χ0n) is 22.8. The molecule has 2 aromatic rings. The number of hydrogen-bond acceptors (Lipinski definition) is 5. The molecule has 0 spiro atoms. The first-order valence-corrected chi connectivity index (χ1v) is 9.28. The van der Waals surface area contributed by atoms with Gasteiger partial charge < -0.3 is 15.3 Å². The van der Waals surface area contributed by atoms with Crippen molar-refractivity contribution in [1.29, 1.82) is 1.43 Å². The van der Waals surface area contributed by atoms with E-state index in [0.29, 0.717) is 0 Å². The molecule has 0 bridgehead atoms. The summed E-state index contributed by atoms with van der Waals surface area (Å²) < 4.78 is 65.0. The Labute approximate surface area is 168 Å². The van der Waals surface area contributed by atoms with Gasteiger partial charge in [-0.1, -0.05) is 6.37 Å². The van der Waals surface area contributed by atoms with Crippen LogP contribution in [0.2, 0.25) is 0 Å². The summed E-state index contributed by atoms with van der Waals surface area (Å²) in [6.45, 7) is 1.34. The molecule has 1 fully saturated rings. The van der Waals surface area contributed by atoms with Crippen LogP contribution in [-0.2, 0) is 0 Å². The maximum absolute atomic E-state index is 13.2. The normalized spacial score (nSPS) is 22.8. The van der Waals surface area contributed by atoms with Crippen molar-refractivity contribution in [3.8, 4) is 5.75 Å². The maximum atomic E-state index is 13.2. The second kappa shape index (κ2) is 8.22. The number of rotatable bonds is 7. The second-order valence-corrected chi connectivity index (χ2v) is 7.00. The monoisotopic (exact) mass is 385 g/mol. The van der Waals surface area contributed by atoms with Gasteiger partial charge in [0.15, 0.2) is 0 Å². The molecule has 3 rings (SSSR count). The second-order valence-electron chi connectivity index (χ2n) is 6.20. The van der Waals surface area contributed by atoms with Gasteiger partial charge in [-0.15, -0.1) is 11.3 Å². The van der Waals surface area contributed by atoms with Crippen LogP contribution in [0.3, 0.4) is 0 Å². The Bertz CT molecular complexity index is 1150. The van der Waals surface area contributed by atoms with Gasteiger partial charge in [-0.3, -0.25) is 14.2 Å². The van der Waals surface area contributed by atoms with E-state index in [1.165, 1.54) is 18.7 Å². The molecule has 0 unspecified atom stereocenters. The van der Waals surface area contributed by atoms with Crippen molar-refractivity contribution in [2.24, 2.45) is 0 Å². The van der Waals surface area contributed by atoms with E-state index in [2.05, 4.69) is 10.4 Å². The van der Waals surface area contributed by atoms with Crippen LogP contribution in [0.25, 0.3) is 10.2 Å². The quantitative estimate of drug-likeness (QED) is 0.768. The van der Waals surface area contributed by atoms with Gasteiger partial charge in [-0.25, -0.2) is 0 Å². The van der Waals surface area contributed by atoms with Gasteiger partial charge in [-0.05, 0) is 64.1 Å². The van der Waals surface area contributed by atoms with E-state index in [0.717, 1.165) is 15.9 Å². The molecule has 1 amide bonds. The molecule has 2 aromatic heterocycles. The van der Waals surface area contributed by atoms with Gasteiger partial charge in [0.05, 0.1) is 9.50 Å². The third-order valence-electron chi connectivity index (χ3n) is 4.15. The third-order valence-corrected chi connectivity index (χ3v) is 4.93. The minimum absolute atomic E-state index is 0.0759. The van der Waals surface area contributed by atoms with Crippen LogP contribution in [0.15, 0.2) is 16.2 Å². The number of aromatic hydroxyl groups is 1. The summed E-state index contributed by atoms with van der Waals surface area (Å²) >= 11 is 0.779. The standard InChI is InChI=1S/C19H27N3O3S/c1-13(2)22-18(25)15(16(23)14-7-12-26-19(14)22)17(24)20-8-6-11-21-9-4-3-5-10-21/h7,12-13,23H,3-6,8-11H2,1-2H3,(H,20,24)/i3D2,7D,11D2,12D,13D/hD. The Hall–Kier alpha value is -1.86. The highest BCUT2D eigenvalue weighted by atomic mass is 32.1. The summed E-state index contributed by atoms with van der Waals surface area (Å²) in [6, 6.07) is -1.86. The molecular weight excluding hydrogens is 350 g/mol. The summed E-state index contributed by atoms with van der Waals surface area (Å²) in [7, 11) is 0. The van der Waals surface area contributed by atoms with E-state index in [1.54, 1.807) is 0 Å². The van der Waals surface area contributed by atoms with E-state index >= 15 is 0 Å². The summed E-state index contributed by atoms with van der Waals surface area (Å²) in [5, 5.41) is 6.78. The summed E-state index contributed by atoms with van der Waals surface area (Å²) in [6.07, 6.45) is -1.04. The van der Waals surface area contributed by atoms with E-state index in [4.69, 9.17) is 11.0 Å². The number of amides is 1. The molecule has 0 aromatic carbocycles. The van der Waals surface area contributed by atoms with Gasteiger partial charge >= 0.3 is 0 Å². The van der Waals surface area contributed by atoms with Crippen LogP contribution in [0, 0.1) is 0 Å². The topological polar surface area (TPSA) is 74.6 Å². The molecule has 0 radical (unpaired) electrons. The average molecular weight is 386 g/mol. The van der Waals surface area contributed by atoms with Gasteiger partial charge in [0.25, 0.3) is 12.9 Å². The number of carbonyl (C=O) groups excluding carboxylic acids is 1. The number of carbonyl (C=O) groups is 1. The highest BCUT2D eigenvalue weighted by Crippen LogP contribution is 2.31. The van der Waals surface area contributed by atoms with Crippen LogP contribution in [0.5, 0.6) is 5.75 Å². The number of aromatic nitrogens is 1. The average Bonchev–Trinajstić information content (AvgIpc) is 2.99.